The van der Waals surface area contributed by atoms with Gasteiger partial charge < -0.3 is 9.80 Å². The predicted octanol–water partition coefficient (Wildman–Crippen LogP) is 5.47. The topological polar surface area (TPSA) is 6.48 Å². The van der Waals surface area contributed by atoms with Crippen molar-refractivity contribution in [1.29, 1.82) is 0 Å². The van der Waals surface area contributed by atoms with Gasteiger partial charge in [-0.1, -0.05) is 44.1 Å². The molecule has 132 valence electrons. The summed E-state index contributed by atoms with van der Waals surface area (Å²) in [5.74, 6) is 0.645. The van der Waals surface area contributed by atoms with Crippen LogP contribution in [0, 0.1) is 11.3 Å². The minimum Gasteiger partial charge on any atom is -0.355 e. The number of nitrogens with zero attached hydrogens (tertiary/aromatic N) is 2. The second-order valence-corrected chi connectivity index (χ2v) is 8.92. The third-order valence-electron chi connectivity index (χ3n) is 5.80. The Labute approximate surface area is 148 Å². The van der Waals surface area contributed by atoms with Crippen molar-refractivity contribution in [3.05, 3.63) is 45.8 Å². The second-order valence-electron chi connectivity index (χ2n) is 8.92. The summed E-state index contributed by atoms with van der Waals surface area (Å²) in [4.78, 5) is 5.26. The van der Waals surface area contributed by atoms with E-state index in [9.17, 15) is 0 Å². The van der Waals surface area contributed by atoms with Crippen molar-refractivity contribution >= 4 is 0 Å². The molecule has 0 radical (unpaired) electrons. The molecule has 2 heteroatoms. The summed E-state index contributed by atoms with van der Waals surface area (Å²) in [6.45, 7) is 19.7. The van der Waals surface area contributed by atoms with Crippen LogP contribution in [0.4, 0.5) is 0 Å². The molecule has 0 amide bonds. The van der Waals surface area contributed by atoms with Crippen molar-refractivity contribution in [1.82, 2.24) is 9.80 Å². The first-order chi connectivity index (χ1) is 11.2. The third-order valence-corrected chi connectivity index (χ3v) is 5.80. The van der Waals surface area contributed by atoms with E-state index in [0.717, 1.165) is 19.8 Å². The third kappa shape index (κ3) is 3.08. The van der Waals surface area contributed by atoms with Crippen molar-refractivity contribution in [3.63, 3.8) is 0 Å². The van der Waals surface area contributed by atoms with Gasteiger partial charge in [-0.2, -0.15) is 0 Å². The molecule has 1 atom stereocenters. The summed E-state index contributed by atoms with van der Waals surface area (Å²) in [7, 11) is 0. The van der Waals surface area contributed by atoms with E-state index in [-0.39, 0.29) is 5.41 Å². The second kappa shape index (κ2) is 6.13. The van der Waals surface area contributed by atoms with E-state index >= 15 is 0 Å². The fourth-order valence-electron chi connectivity index (χ4n) is 5.48. The molecule has 0 bridgehead atoms. The predicted molar refractivity (Wildman–Crippen MR) is 103 cm³/mol. The molecule has 0 aromatic carbocycles. The molecular weight excluding hydrogens is 292 g/mol. The molecule has 0 spiro atoms. The maximum Gasteiger partial charge on any atom is 0.0899 e. The van der Waals surface area contributed by atoms with E-state index in [0.29, 0.717) is 5.92 Å². The molecule has 0 saturated carbocycles. The Morgan fingerprint density at radius 1 is 0.917 bits per heavy atom. The molecule has 0 unspecified atom stereocenters. The van der Waals surface area contributed by atoms with Crippen LogP contribution in [0.1, 0.15) is 61.3 Å². The standard InChI is InChI=1S/C22H34N2/c1-15-10-17(3)20(18(4)11-15)23-8-9-24(14-23)21-19(5)12-16(2)13-22(21,6)7/h10,12,18H,8-9,11,13-14H2,1-7H3/t18-/m0/s1. The Balaban J connectivity index is 1.86. The van der Waals surface area contributed by atoms with Crippen molar-refractivity contribution in [2.24, 2.45) is 11.3 Å². The normalized spacial score (nSPS) is 27.7. The molecule has 0 N–H and O–H groups in total. The van der Waals surface area contributed by atoms with Gasteiger partial charge in [0.25, 0.3) is 0 Å². The smallest absolute Gasteiger partial charge is 0.0899 e. The van der Waals surface area contributed by atoms with Crippen LogP contribution >= 0.6 is 0 Å². The highest BCUT2D eigenvalue weighted by molar-refractivity contribution is 5.37. The summed E-state index contributed by atoms with van der Waals surface area (Å²) in [6.07, 6.45) is 7.16. The Morgan fingerprint density at radius 2 is 1.54 bits per heavy atom. The summed E-state index contributed by atoms with van der Waals surface area (Å²) in [5, 5.41) is 0. The average Bonchev–Trinajstić information content (AvgIpc) is 2.83. The quantitative estimate of drug-likeness (QED) is 0.663. The van der Waals surface area contributed by atoms with Gasteiger partial charge in [-0.3, -0.25) is 0 Å². The van der Waals surface area contributed by atoms with Gasteiger partial charge in [-0.05, 0) is 51.7 Å². The first-order valence-corrected chi connectivity index (χ1v) is 9.45. The highest BCUT2D eigenvalue weighted by atomic mass is 15.4. The van der Waals surface area contributed by atoms with E-state index in [1.807, 2.05) is 0 Å². The van der Waals surface area contributed by atoms with Crippen molar-refractivity contribution in [2.45, 2.75) is 61.3 Å². The van der Waals surface area contributed by atoms with Gasteiger partial charge in [0.15, 0.2) is 0 Å². The van der Waals surface area contributed by atoms with Gasteiger partial charge in [0.05, 0.1) is 6.67 Å². The zero-order valence-electron chi connectivity index (χ0n) is 16.7. The van der Waals surface area contributed by atoms with Crippen LogP contribution in [-0.4, -0.2) is 29.6 Å². The Bertz CT molecular complexity index is 657. The van der Waals surface area contributed by atoms with Gasteiger partial charge in [0, 0.05) is 35.8 Å². The van der Waals surface area contributed by atoms with Crippen LogP contribution in [0.3, 0.4) is 0 Å². The van der Waals surface area contributed by atoms with E-state index < -0.39 is 0 Å². The van der Waals surface area contributed by atoms with Crippen molar-refractivity contribution in [3.8, 4) is 0 Å². The summed E-state index contributed by atoms with van der Waals surface area (Å²) in [6, 6.07) is 0. The maximum atomic E-state index is 2.64. The summed E-state index contributed by atoms with van der Waals surface area (Å²) in [5.41, 5.74) is 9.34. The van der Waals surface area contributed by atoms with Crippen LogP contribution in [-0.2, 0) is 0 Å². The molecule has 3 aliphatic rings. The van der Waals surface area contributed by atoms with Crippen LogP contribution < -0.4 is 0 Å². The first-order valence-electron chi connectivity index (χ1n) is 9.45. The van der Waals surface area contributed by atoms with Crippen LogP contribution in [0.2, 0.25) is 0 Å². The van der Waals surface area contributed by atoms with E-state index in [4.69, 9.17) is 0 Å². The molecule has 2 aliphatic carbocycles. The Kier molecular flexibility index (Phi) is 4.44. The van der Waals surface area contributed by atoms with Gasteiger partial charge >= 0.3 is 0 Å². The average molecular weight is 327 g/mol. The molecule has 0 aromatic heterocycles. The number of hydrogen-bond acceptors (Lipinski definition) is 2. The molecule has 0 aromatic rings. The van der Waals surface area contributed by atoms with Crippen molar-refractivity contribution < 1.29 is 0 Å². The minimum atomic E-state index is 0.247. The maximum absolute atomic E-state index is 2.64. The minimum absolute atomic E-state index is 0.247. The highest BCUT2D eigenvalue weighted by Gasteiger charge is 2.36. The van der Waals surface area contributed by atoms with Gasteiger partial charge in [0.1, 0.15) is 0 Å². The largest absolute Gasteiger partial charge is 0.355 e. The molecule has 1 saturated heterocycles. The lowest BCUT2D eigenvalue weighted by Gasteiger charge is -2.40. The molecule has 1 heterocycles. The van der Waals surface area contributed by atoms with E-state index in [1.54, 1.807) is 11.4 Å². The molecular formula is C22H34N2. The fourth-order valence-corrected chi connectivity index (χ4v) is 5.48. The monoisotopic (exact) mass is 326 g/mol. The number of hydrogen-bond donors (Lipinski definition) is 0. The van der Waals surface area contributed by atoms with E-state index in [2.05, 4.69) is 70.4 Å². The SMILES string of the molecule is CC1=CC(C)=C(N2CCN(C3=C(C)C=C(C)CC3(C)C)C2)[C@@H](C)C1. The van der Waals surface area contributed by atoms with Crippen molar-refractivity contribution in [2.75, 3.05) is 19.8 Å². The molecule has 3 rings (SSSR count). The lowest BCUT2D eigenvalue weighted by molar-refractivity contribution is 0.242. The molecule has 1 fully saturated rings. The summed E-state index contributed by atoms with van der Waals surface area (Å²) >= 11 is 0. The molecule has 24 heavy (non-hydrogen) atoms. The van der Waals surface area contributed by atoms with Crippen LogP contribution in [0.15, 0.2) is 45.8 Å². The van der Waals surface area contributed by atoms with E-state index in [1.165, 1.54) is 35.1 Å². The fraction of sp³-hybridized carbons (Fsp3) is 0.636. The zero-order valence-corrected chi connectivity index (χ0v) is 16.7. The summed E-state index contributed by atoms with van der Waals surface area (Å²) < 4.78 is 0. The first kappa shape index (κ1) is 17.4. The van der Waals surface area contributed by atoms with Crippen LogP contribution in [0.5, 0.6) is 0 Å². The van der Waals surface area contributed by atoms with Gasteiger partial charge in [-0.25, -0.2) is 0 Å². The molecule has 2 nitrogen and oxygen atoms in total. The zero-order chi connectivity index (χ0) is 17.6. The Hall–Kier alpha value is -1.44. The lowest BCUT2D eigenvalue weighted by atomic mass is 9.76. The van der Waals surface area contributed by atoms with Crippen LogP contribution in [0.25, 0.3) is 0 Å². The molecule has 1 aliphatic heterocycles. The number of allylic oxidation sites excluding steroid dienone is 8. The lowest BCUT2D eigenvalue weighted by Crippen LogP contribution is -2.35. The number of rotatable bonds is 2. The highest BCUT2D eigenvalue weighted by Crippen LogP contribution is 2.43. The van der Waals surface area contributed by atoms with Gasteiger partial charge in [-0.15, -0.1) is 0 Å². The van der Waals surface area contributed by atoms with Gasteiger partial charge in [0.2, 0.25) is 0 Å². The Morgan fingerprint density at radius 3 is 2.17 bits per heavy atom.